The van der Waals surface area contributed by atoms with E-state index in [1.165, 1.54) is 5.56 Å². The van der Waals surface area contributed by atoms with Crippen LogP contribution in [0, 0.1) is 6.92 Å². The number of nitrogens with one attached hydrogen (secondary N) is 1. The second kappa shape index (κ2) is 10.6. The maximum Gasteiger partial charge on any atom is 0.161 e. The first kappa shape index (κ1) is 20.7. The Kier molecular flexibility index (Phi) is 8.11. The van der Waals surface area contributed by atoms with Crippen molar-refractivity contribution in [1.29, 1.82) is 0 Å². The lowest BCUT2D eigenvalue weighted by molar-refractivity contribution is 0.284. The number of aromatic nitrogens is 1. The van der Waals surface area contributed by atoms with Gasteiger partial charge >= 0.3 is 0 Å². The lowest BCUT2D eigenvalue weighted by Gasteiger charge is -2.13. The number of halogens is 1. The van der Waals surface area contributed by atoms with E-state index in [1.807, 2.05) is 36.4 Å². The molecule has 0 saturated carbocycles. The highest BCUT2D eigenvalue weighted by atomic mass is 35.5. The molecule has 5 heteroatoms. The topological polar surface area (TPSA) is 43.4 Å². The minimum atomic E-state index is 0. The SMILES string of the molecule is COc1cc(CNCc2ccccn2)ccc1OCc1cccc(C)c1.Cl. The first-order valence-corrected chi connectivity index (χ1v) is 8.70. The molecule has 0 fully saturated rings. The maximum absolute atomic E-state index is 5.94. The number of hydrogen-bond donors (Lipinski definition) is 1. The third-order valence-corrected chi connectivity index (χ3v) is 4.07. The zero-order valence-electron chi connectivity index (χ0n) is 15.6. The van der Waals surface area contributed by atoms with Crippen molar-refractivity contribution < 1.29 is 9.47 Å². The summed E-state index contributed by atoms with van der Waals surface area (Å²) in [7, 11) is 1.67. The van der Waals surface area contributed by atoms with Crippen LogP contribution in [-0.2, 0) is 19.7 Å². The van der Waals surface area contributed by atoms with Gasteiger partial charge in [-0.3, -0.25) is 4.98 Å². The normalized spacial score (nSPS) is 10.1. The summed E-state index contributed by atoms with van der Waals surface area (Å²) in [6, 6.07) is 20.3. The Morgan fingerprint density at radius 3 is 2.52 bits per heavy atom. The second-order valence-electron chi connectivity index (χ2n) is 6.19. The van der Waals surface area contributed by atoms with Crippen LogP contribution in [0.15, 0.2) is 66.9 Å². The molecule has 1 aromatic heterocycles. The Morgan fingerprint density at radius 1 is 0.889 bits per heavy atom. The van der Waals surface area contributed by atoms with Crippen LogP contribution in [0.1, 0.15) is 22.4 Å². The first-order valence-electron chi connectivity index (χ1n) is 8.70. The highest BCUT2D eigenvalue weighted by Crippen LogP contribution is 2.29. The van der Waals surface area contributed by atoms with Crippen molar-refractivity contribution in [2.24, 2.45) is 0 Å². The summed E-state index contributed by atoms with van der Waals surface area (Å²) in [5, 5.41) is 3.39. The molecule has 0 bridgehead atoms. The van der Waals surface area contributed by atoms with E-state index in [2.05, 4.69) is 41.5 Å². The number of hydrogen-bond acceptors (Lipinski definition) is 4. The average Bonchev–Trinajstić information content (AvgIpc) is 2.67. The molecule has 0 spiro atoms. The molecule has 0 radical (unpaired) electrons. The van der Waals surface area contributed by atoms with E-state index < -0.39 is 0 Å². The van der Waals surface area contributed by atoms with E-state index in [-0.39, 0.29) is 12.4 Å². The number of ether oxygens (including phenoxy) is 2. The lowest BCUT2D eigenvalue weighted by Crippen LogP contribution is -2.13. The van der Waals surface area contributed by atoms with Crippen molar-refractivity contribution in [3.05, 3.63) is 89.2 Å². The van der Waals surface area contributed by atoms with Gasteiger partial charge in [0.25, 0.3) is 0 Å². The van der Waals surface area contributed by atoms with Crippen molar-refractivity contribution in [3.63, 3.8) is 0 Å². The molecule has 0 aliphatic rings. The number of rotatable bonds is 8. The molecule has 4 nitrogen and oxygen atoms in total. The van der Waals surface area contributed by atoms with Gasteiger partial charge in [-0.05, 0) is 42.3 Å². The van der Waals surface area contributed by atoms with E-state index in [4.69, 9.17) is 9.47 Å². The number of nitrogens with zero attached hydrogens (tertiary/aromatic N) is 1. The van der Waals surface area contributed by atoms with Crippen molar-refractivity contribution in [2.75, 3.05) is 7.11 Å². The molecular weight excluding hydrogens is 360 g/mol. The minimum absolute atomic E-state index is 0. The summed E-state index contributed by atoms with van der Waals surface area (Å²) in [6.45, 7) is 4.08. The fraction of sp³-hybridized carbons (Fsp3) is 0.227. The van der Waals surface area contributed by atoms with Crippen molar-refractivity contribution in [3.8, 4) is 11.5 Å². The standard InChI is InChI=1S/C22H24N2O2.ClH/c1-17-6-5-7-19(12-17)16-26-21-10-9-18(13-22(21)25-2)14-23-15-20-8-3-4-11-24-20;/h3-13,23H,14-16H2,1-2H3;1H. The van der Waals surface area contributed by atoms with E-state index in [0.29, 0.717) is 6.61 Å². The number of pyridine rings is 1. The Morgan fingerprint density at radius 2 is 1.78 bits per heavy atom. The largest absolute Gasteiger partial charge is 0.493 e. The molecule has 0 saturated heterocycles. The molecule has 1 N–H and O–H groups in total. The number of methoxy groups -OCH3 is 1. The highest BCUT2D eigenvalue weighted by Gasteiger charge is 2.07. The van der Waals surface area contributed by atoms with Crippen LogP contribution in [0.3, 0.4) is 0 Å². The predicted molar refractivity (Wildman–Crippen MR) is 111 cm³/mol. The molecule has 0 atom stereocenters. The molecule has 27 heavy (non-hydrogen) atoms. The van der Waals surface area contributed by atoms with Crippen LogP contribution >= 0.6 is 12.4 Å². The Hall–Kier alpha value is -2.56. The van der Waals surface area contributed by atoms with E-state index in [1.54, 1.807) is 13.3 Å². The zero-order valence-corrected chi connectivity index (χ0v) is 16.5. The lowest BCUT2D eigenvalue weighted by atomic mass is 10.1. The van der Waals surface area contributed by atoms with Crippen LogP contribution in [-0.4, -0.2) is 12.1 Å². The van der Waals surface area contributed by atoms with Gasteiger partial charge in [-0.1, -0.05) is 42.0 Å². The van der Waals surface area contributed by atoms with Crippen LogP contribution < -0.4 is 14.8 Å². The third kappa shape index (κ3) is 6.27. The van der Waals surface area contributed by atoms with Gasteiger partial charge in [0.2, 0.25) is 0 Å². The van der Waals surface area contributed by atoms with Gasteiger partial charge in [-0.15, -0.1) is 12.4 Å². The summed E-state index contributed by atoms with van der Waals surface area (Å²) in [5.41, 5.74) is 4.54. The summed E-state index contributed by atoms with van der Waals surface area (Å²) in [4.78, 5) is 4.31. The van der Waals surface area contributed by atoms with Crippen molar-refractivity contribution >= 4 is 12.4 Å². The quantitative estimate of drug-likeness (QED) is 0.611. The molecule has 0 unspecified atom stereocenters. The number of aryl methyl sites for hydroxylation is 1. The van der Waals surface area contributed by atoms with Crippen LogP contribution in [0.5, 0.6) is 11.5 Å². The fourth-order valence-electron chi connectivity index (χ4n) is 2.74. The molecule has 3 aromatic rings. The monoisotopic (exact) mass is 384 g/mol. The van der Waals surface area contributed by atoms with Gasteiger partial charge in [0, 0.05) is 19.3 Å². The summed E-state index contributed by atoms with van der Waals surface area (Å²) >= 11 is 0. The Labute approximate surface area is 167 Å². The minimum Gasteiger partial charge on any atom is -0.493 e. The molecule has 1 heterocycles. The molecule has 2 aromatic carbocycles. The average molecular weight is 385 g/mol. The molecule has 0 aliphatic heterocycles. The Balaban J connectivity index is 0.00000261. The first-order chi connectivity index (χ1) is 12.7. The van der Waals surface area contributed by atoms with Gasteiger partial charge in [0.05, 0.1) is 12.8 Å². The highest BCUT2D eigenvalue weighted by molar-refractivity contribution is 5.85. The molecule has 0 aliphatic carbocycles. The van der Waals surface area contributed by atoms with Gasteiger partial charge in [0.1, 0.15) is 6.61 Å². The van der Waals surface area contributed by atoms with E-state index in [0.717, 1.165) is 41.4 Å². The molecule has 142 valence electrons. The van der Waals surface area contributed by atoms with Crippen molar-refractivity contribution in [2.45, 2.75) is 26.6 Å². The Bertz CT molecular complexity index is 841. The van der Waals surface area contributed by atoms with Crippen LogP contribution in [0.25, 0.3) is 0 Å². The maximum atomic E-state index is 5.94. The van der Waals surface area contributed by atoms with Gasteiger partial charge in [-0.25, -0.2) is 0 Å². The van der Waals surface area contributed by atoms with Crippen LogP contribution in [0.4, 0.5) is 0 Å². The van der Waals surface area contributed by atoms with Gasteiger partial charge < -0.3 is 14.8 Å². The van der Waals surface area contributed by atoms with Crippen molar-refractivity contribution in [1.82, 2.24) is 10.3 Å². The third-order valence-electron chi connectivity index (χ3n) is 4.07. The van der Waals surface area contributed by atoms with Gasteiger partial charge in [-0.2, -0.15) is 0 Å². The summed E-state index contributed by atoms with van der Waals surface area (Å²) < 4.78 is 11.4. The summed E-state index contributed by atoms with van der Waals surface area (Å²) in [6.07, 6.45) is 1.81. The fourth-order valence-corrected chi connectivity index (χ4v) is 2.74. The predicted octanol–water partition coefficient (Wildman–Crippen LogP) is 4.69. The number of benzene rings is 2. The summed E-state index contributed by atoms with van der Waals surface area (Å²) in [5.74, 6) is 1.50. The second-order valence-corrected chi connectivity index (χ2v) is 6.19. The molecule has 0 amide bonds. The van der Waals surface area contributed by atoms with Gasteiger partial charge in [0.15, 0.2) is 11.5 Å². The zero-order chi connectivity index (χ0) is 18.2. The van der Waals surface area contributed by atoms with E-state index in [9.17, 15) is 0 Å². The van der Waals surface area contributed by atoms with Crippen LogP contribution in [0.2, 0.25) is 0 Å². The molecule has 3 rings (SSSR count). The van der Waals surface area contributed by atoms with E-state index >= 15 is 0 Å². The smallest absolute Gasteiger partial charge is 0.161 e. The molecular formula is C22H25ClN2O2.